The second-order valence-corrected chi connectivity index (χ2v) is 22.7. The van der Waals surface area contributed by atoms with E-state index in [1.165, 1.54) is 141 Å². The molecule has 0 spiro atoms. The van der Waals surface area contributed by atoms with Gasteiger partial charge in [-0.3, -0.25) is 14.4 Å². The minimum Gasteiger partial charge on any atom is -0.462 e. The van der Waals surface area contributed by atoms with Crippen molar-refractivity contribution < 1.29 is 28.6 Å². The SMILES string of the molecule is CC/C=C\C/C=C\C/C=C\C/C=C\C/C=C\C/C=C\CCCCCCCCCCC(=O)OCC(COC(=O)CCCCCCC/C=C\CCCCCCCC)OC(=O)CCCCCCCCCCCC/C=C\C/C=C\C/C=C\C/C=C\CC. The molecule has 0 heterocycles. The normalized spacial score (nSPS) is 13.0. The summed E-state index contributed by atoms with van der Waals surface area (Å²) >= 11 is 0. The van der Waals surface area contributed by atoms with E-state index in [0.717, 1.165) is 135 Å². The van der Waals surface area contributed by atoms with Crippen LogP contribution in [0.2, 0.25) is 0 Å². The summed E-state index contributed by atoms with van der Waals surface area (Å²) in [6, 6.07) is 0. The molecule has 0 bridgehead atoms. The van der Waals surface area contributed by atoms with Crippen LogP contribution < -0.4 is 0 Å². The van der Waals surface area contributed by atoms with Gasteiger partial charge in [-0.25, -0.2) is 0 Å². The Bertz CT molecular complexity index is 1750. The van der Waals surface area contributed by atoms with E-state index >= 15 is 0 Å². The van der Waals surface area contributed by atoms with E-state index in [1.807, 2.05) is 0 Å². The third-order valence-corrected chi connectivity index (χ3v) is 14.6. The maximum atomic E-state index is 13.0. The van der Waals surface area contributed by atoms with Crippen LogP contribution in [0.25, 0.3) is 0 Å². The molecule has 0 aliphatic carbocycles. The molecular weight excluding hydrogens is 1020 g/mol. The molecule has 0 aliphatic heterocycles. The second-order valence-electron chi connectivity index (χ2n) is 22.7. The Morgan fingerprint density at radius 1 is 0.253 bits per heavy atom. The summed E-state index contributed by atoms with van der Waals surface area (Å²) in [6.45, 7) is 6.42. The van der Waals surface area contributed by atoms with Gasteiger partial charge in [0.25, 0.3) is 0 Å². The molecule has 0 amide bonds. The fraction of sp³-hybridized carbons (Fsp3) is 0.675. The molecule has 1 atom stereocenters. The van der Waals surface area contributed by atoms with Crippen molar-refractivity contribution in [2.75, 3.05) is 13.2 Å². The Labute approximate surface area is 513 Å². The first-order chi connectivity index (χ1) is 41.0. The number of rotatable bonds is 62. The second kappa shape index (κ2) is 70.0. The molecular formula is C77H128O6. The highest BCUT2D eigenvalue weighted by molar-refractivity contribution is 5.71. The Morgan fingerprint density at radius 2 is 0.470 bits per heavy atom. The van der Waals surface area contributed by atoms with Gasteiger partial charge in [-0.1, -0.05) is 296 Å². The molecule has 0 aromatic carbocycles. The fourth-order valence-electron chi connectivity index (χ4n) is 9.49. The zero-order valence-electron chi connectivity index (χ0n) is 54.2. The highest BCUT2D eigenvalue weighted by Crippen LogP contribution is 2.16. The van der Waals surface area contributed by atoms with E-state index in [4.69, 9.17) is 14.2 Å². The lowest BCUT2D eigenvalue weighted by molar-refractivity contribution is -0.167. The largest absolute Gasteiger partial charge is 0.462 e. The van der Waals surface area contributed by atoms with Gasteiger partial charge in [-0.05, 0) is 135 Å². The molecule has 0 rings (SSSR count). The third kappa shape index (κ3) is 68.2. The molecule has 1 unspecified atom stereocenters. The van der Waals surface area contributed by atoms with Crippen molar-refractivity contribution in [2.24, 2.45) is 0 Å². The number of carbonyl (C=O) groups excluding carboxylic acids is 3. The maximum absolute atomic E-state index is 13.0. The number of hydrogen-bond acceptors (Lipinski definition) is 6. The summed E-state index contributed by atoms with van der Waals surface area (Å²) in [6.07, 6.45) is 98.9. The van der Waals surface area contributed by atoms with Crippen LogP contribution in [0.3, 0.4) is 0 Å². The van der Waals surface area contributed by atoms with Crippen LogP contribution in [0.1, 0.15) is 316 Å². The molecule has 0 radical (unpaired) electrons. The number of hydrogen-bond donors (Lipinski definition) is 0. The van der Waals surface area contributed by atoms with Crippen LogP contribution >= 0.6 is 0 Å². The molecule has 0 fully saturated rings. The Kier molecular flexibility index (Phi) is 66.3. The first kappa shape index (κ1) is 78.5. The van der Waals surface area contributed by atoms with Gasteiger partial charge in [0.15, 0.2) is 6.10 Å². The van der Waals surface area contributed by atoms with Gasteiger partial charge < -0.3 is 14.2 Å². The minimum atomic E-state index is -0.794. The van der Waals surface area contributed by atoms with Crippen LogP contribution in [0, 0.1) is 0 Å². The van der Waals surface area contributed by atoms with E-state index in [9.17, 15) is 14.4 Å². The summed E-state index contributed by atoms with van der Waals surface area (Å²) < 4.78 is 17.0. The van der Waals surface area contributed by atoms with Gasteiger partial charge in [0, 0.05) is 19.3 Å². The van der Waals surface area contributed by atoms with Gasteiger partial charge in [0.2, 0.25) is 0 Å². The van der Waals surface area contributed by atoms with Crippen LogP contribution in [0.5, 0.6) is 0 Å². The van der Waals surface area contributed by atoms with Gasteiger partial charge in [0.1, 0.15) is 13.2 Å². The van der Waals surface area contributed by atoms with Crippen LogP contribution in [-0.4, -0.2) is 37.2 Å². The topological polar surface area (TPSA) is 78.9 Å². The monoisotopic (exact) mass is 1150 g/mol. The van der Waals surface area contributed by atoms with Crippen molar-refractivity contribution in [2.45, 2.75) is 322 Å². The lowest BCUT2D eigenvalue weighted by atomic mass is 10.0. The quantitative estimate of drug-likeness (QED) is 0.0261. The molecule has 0 aromatic rings. The highest BCUT2D eigenvalue weighted by Gasteiger charge is 2.19. The molecule has 0 aromatic heterocycles. The van der Waals surface area contributed by atoms with Gasteiger partial charge in [0.05, 0.1) is 0 Å². The molecule has 6 nitrogen and oxygen atoms in total. The van der Waals surface area contributed by atoms with E-state index in [0.29, 0.717) is 19.3 Å². The van der Waals surface area contributed by atoms with Gasteiger partial charge in [-0.15, -0.1) is 0 Å². The summed E-state index contributed by atoms with van der Waals surface area (Å²) in [5, 5.41) is 0. The highest BCUT2D eigenvalue weighted by atomic mass is 16.6. The Hall–Kier alpha value is -4.45. The van der Waals surface area contributed by atoms with Crippen LogP contribution in [0.4, 0.5) is 0 Å². The van der Waals surface area contributed by atoms with Gasteiger partial charge >= 0.3 is 17.9 Å². The minimum absolute atomic E-state index is 0.0885. The van der Waals surface area contributed by atoms with E-state index in [1.54, 1.807) is 0 Å². The van der Waals surface area contributed by atoms with Crippen molar-refractivity contribution in [3.63, 3.8) is 0 Å². The van der Waals surface area contributed by atoms with E-state index < -0.39 is 6.10 Å². The lowest BCUT2D eigenvalue weighted by Gasteiger charge is -2.18. The molecule has 83 heavy (non-hydrogen) atoms. The van der Waals surface area contributed by atoms with Gasteiger partial charge in [-0.2, -0.15) is 0 Å². The number of esters is 3. The first-order valence-corrected chi connectivity index (χ1v) is 34.7. The predicted molar refractivity (Wildman–Crippen MR) is 362 cm³/mol. The number of ether oxygens (including phenoxy) is 3. The summed E-state index contributed by atoms with van der Waals surface area (Å²) in [7, 11) is 0. The zero-order valence-corrected chi connectivity index (χ0v) is 54.2. The zero-order chi connectivity index (χ0) is 59.9. The fourth-order valence-corrected chi connectivity index (χ4v) is 9.49. The van der Waals surface area contributed by atoms with Crippen LogP contribution in [0.15, 0.2) is 134 Å². The smallest absolute Gasteiger partial charge is 0.306 e. The van der Waals surface area contributed by atoms with E-state index in [2.05, 4.69) is 154 Å². The molecule has 0 saturated heterocycles. The number of unbranched alkanes of at least 4 members (excludes halogenated alkanes) is 29. The number of allylic oxidation sites excluding steroid dienone is 22. The first-order valence-electron chi connectivity index (χ1n) is 34.7. The predicted octanol–water partition coefficient (Wildman–Crippen LogP) is 24.1. The average Bonchev–Trinajstić information content (AvgIpc) is 3.49. The van der Waals surface area contributed by atoms with Crippen molar-refractivity contribution in [1.29, 1.82) is 0 Å². The molecule has 0 aliphatic rings. The Balaban J connectivity index is 4.39. The van der Waals surface area contributed by atoms with Crippen molar-refractivity contribution in [3.05, 3.63) is 134 Å². The molecule has 0 saturated carbocycles. The van der Waals surface area contributed by atoms with Crippen molar-refractivity contribution >= 4 is 17.9 Å². The van der Waals surface area contributed by atoms with E-state index in [-0.39, 0.29) is 31.1 Å². The lowest BCUT2D eigenvalue weighted by Crippen LogP contribution is -2.30. The van der Waals surface area contributed by atoms with Crippen molar-refractivity contribution in [1.82, 2.24) is 0 Å². The van der Waals surface area contributed by atoms with Crippen LogP contribution in [-0.2, 0) is 28.6 Å². The Morgan fingerprint density at radius 3 is 0.747 bits per heavy atom. The molecule has 472 valence electrons. The standard InChI is InChI=1S/C77H128O6/c1-4-7-10-13-16-19-22-25-28-30-32-34-36-37-38-39-41-42-44-46-49-52-55-58-61-64-67-70-76(79)82-73-74(72-81-75(78)69-66-63-60-57-54-51-48-27-24-21-18-15-12-9-6-3)83-77(80)71-68-65-62-59-56-53-50-47-45-43-40-35-33-31-29-26-23-20-17-14-11-8-5-2/h7-8,10-11,16-17,19-20,25-29,32-35,37-38,41-42,48,74H,4-6,9,12-15,18,21-24,30-31,36,39-40,43-47,49-73H2,1-3H3/b10-7-,11-8-,19-16-,20-17-,28-25-,29-26-,34-32-,35-33-,38-37-,42-41-,48-27-. The maximum Gasteiger partial charge on any atom is 0.306 e. The average molecular weight is 1150 g/mol. The number of carbonyl (C=O) groups is 3. The summed E-state index contributed by atoms with van der Waals surface area (Å²) in [4.78, 5) is 38.5. The molecule has 0 N–H and O–H groups in total. The third-order valence-electron chi connectivity index (χ3n) is 14.6. The summed E-state index contributed by atoms with van der Waals surface area (Å²) in [5.74, 6) is -0.901. The van der Waals surface area contributed by atoms with Crippen molar-refractivity contribution in [3.8, 4) is 0 Å². The summed E-state index contributed by atoms with van der Waals surface area (Å²) in [5.41, 5.74) is 0. The molecule has 6 heteroatoms.